The van der Waals surface area contributed by atoms with Crippen molar-refractivity contribution >= 4 is 29.3 Å². The predicted octanol–water partition coefficient (Wildman–Crippen LogP) is 4.02. The van der Waals surface area contributed by atoms with E-state index in [0.29, 0.717) is 28.7 Å². The lowest BCUT2D eigenvalue weighted by molar-refractivity contribution is 0.0526. The van der Waals surface area contributed by atoms with Gasteiger partial charge in [-0.3, -0.25) is 9.36 Å². The molecule has 3 aromatic rings. The van der Waals surface area contributed by atoms with E-state index in [-0.39, 0.29) is 5.91 Å². The summed E-state index contributed by atoms with van der Waals surface area (Å²) in [6.07, 6.45) is 3.45. The number of rotatable bonds is 6. The maximum Gasteiger partial charge on any atom is 0.338 e. The molecule has 138 valence electrons. The summed E-state index contributed by atoms with van der Waals surface area (Å²) in [7, 11) is 0. The molecule has 1 aromatic heterocycles. The molecule has 6 nitrogen and oxygen atoms in total. The van der Waals surface area contributed by atoms with Crippen molar-refractivity contribution in [1.29, 1.82) is 0 Å². The van der Waals surface area contributed by atoms with Gasteiger partial charge in [-0.15, -0.1) is 0 Å². The lowest BCUT2D eigenvalue weighted by Crippen LogP contribution is -2.17. The number of imidazole rings is 1. The molecule has 0 aliphatic carbocycles. The van der Waals surface area contributed by atoms with Crippen LogP contribution in [-0.4, -0.2) is 34.3 Å². The van der Waals surface area contributed by atoms with E-state index >= 15 is 0 Å². The predicted molar refractivity (Wildman–Crippen MR) is 106 cm³/mol. The molecule has 1 amide bonds. The second-order valence-electron chi connectivity index (χ2n) is 5.56. The average Bonchev–Trinajstić information content (AvgIpc) is 3.13. The fourth-order valence-electron chi connectivity index (χ4n) is 2.60. The van der Waals surface area contributed by atoms with Crippen LogP contribution in [-0.2, 0) is 4.74 Å². The molecule has 2 aromatic carbocycles. The van der Waals surface area contributed by atoms with Crippen LogP contribution in [0.5, 0.6) is 0 Å². The Morgan fingerprint density at radius 2 is 1.93 bits per heavy atom. The Labute approximate surface area is 161 Å². The molecule has 1 heterocycles. The van der Waals surface area contributed by atoms with Gasteiger partial charge < -0.3 is 10.1 Å². The maximum absolute atomic E-state index is 12.8. The van der Waals surface area contributed by atoms with Crippen LogP contribution in [0.4, 0.5) is 5.69 Å². The number of nitrogens with zero attached hydrogens (tertiary/aromatic N) is 2. The average molecular weight is 381 g/mol. The third-order valence-corrected chi connectivity index (χ3v) is 4.44. The van der Waals surface area contributed by atoms with Crippen LogP contribution >= 0.6 is 11.8 Å². The number of anilines is 1. The minimum absolute atomic E-state index is 0.295. The SMILES string of the molecule is CCOC(=O)c1cccc(NC(=O)c2cnc(SC)n2-c2ccccc2)c1. The lowest BCUT2D eigenvalue weighted by atomic mass is 10.2. The number of benzene rings is 2. The number of aromatic nitrogens is 2. The van der Waals surface area contributed by atoms with Crippen molar-refractivity contribution in [3.05, 3.63) is 72.1 Å². The van der Waals surface area contributed by atoms with Crippen molar-refractivity contribution in [2.45, 2.75) is 12.1 Å². The van der Waals surface area contributed by atoms with Crippen LogP contribution in [0.3, 0.4) is 0 Å². The highest BCUT2D eigenvalue weighted by Crippen LogP contribution is 2.22. The highest BCUT2D eigenvalue weighted by Gasteiger charge is 2.18. The summed E-state index contributed by atoms with van der Waals surface area (Å²) in [6.45, 7) is 2.04. The van der Waals surface area contributed by atoms with Crippen molar-refractivity contribution in [3.63, 3.8) is 0 Å². The number of thioether (sulfide) groups is 1. The number of ether oxygens (including phenoxy) is 1. The third kappa shape index (κ3) is 4.20. The lowest BCUT2D eigenvalue weighted by Gasteiger charge is -2.11. The molecule has 0 aliphatic rings. The Morgan fingerprint density at radius 3 is 2.63 bits per heavy atom. The zero-order valence-electron chi connectivity index (χ0n) is 15.0. The number of hydrogen-bond acceptors (Lipinski definition) is 5. The Morgan fingerprint density at radius 1 is 1.15 bits per heavy atom. The summed E-state index contributed by atoms with van der Waals surface area (Å²) in [5.74, 6) is -0.736. The normalized spacial score (nSPS) is 10.4. The minimum Gasteiger partial charge on any atom is -0.462 e. The summed E-state index contributed by atoms with van der Waals surface area (Å²) in [5, 5.41) is 3.54. The molecule has 0 unspecified atom stereocenters. The van der Waals surface area contributed by atoms with Crippen molar-refractivity contribution in [1.82, 2.24) is 9.55 Å². The quantitative estimate of drug-likeness (QED) is 0.516. The van der Waals surface area contributed by atoms with Crippen LogP contribution in [0, 0.1) is 0 Å². The largest absolute Gasteiger partial charge is 0.462 e. The summed E-state index contributed by atoms with van der Waals surface area (Å²) in [4.78, 5) is 29.1. The molecule has 3 rings (SSSR count). The van der Waals surface area contributed by atoms with Gasteiger partial charge in [0.2, 0.25) is 0 Å². The molecule has 1 N–H and O–H groups in total. The van der Waals surface area contributed by atoms with E-state index in [9.17, 15) is 9.59 Å². The standard InChI is InChI=1S/C20H19N3O3S/c1-3-26-19(25)14-8-7-9-15(12-14)22-18(24)17-13-21-20(27-2)23(17)16-10-5-4-6-11-16/h4-13H,3H2,1-2H3,(H,22,24). The first-order chi connectivity index (χ1) is 13.1. The van der Waals surface area contributed by atoms with Gasteiger partial charge in [0.15, 0.2) is 5.16 Å². The summed E-state index contributed by atoms with van der Waals surface area (Å²) in [5.41, 5.74) is 2.16. The molecule has 0 saturated carbocycles. The van der Waals surface area contributed by atoms with E-state index in [1.54, 1.807) is 42.0 Å². The number of esters is 1. The van der Waals surface area contributed by atoms with Gasteiger partial charge in [-0.2, -0.15) is 0 Å². The van der Waals surface area contributed by atoms with E-state index < -0.39 is 5.97 Å². The van der Waals surface area contributed by atoms with Crippen LogP contribution in [0.1, 0.15) is 27.8 Å². The highest BCUT2D eigenvalue weighted by molar-refractivity contribution is 7.98. The van der Waals surface area contributed by atoms with Crippen molar-refractivity contribution in [3.8, 4) is 5.69 Å². The second kappa shape index (κ2) is 8.55. The number of para-hydroxylation sites is 1. The molecular formula is C20H19N3O3S. The van der Waals surface area contributed by atoms with Crippen molar-refractivity contribution < 1.29 is 14.3 Å². The molecule has 0 spiro atoms. The second-order valence-corrected chi connectivity index (χ2v) is 6.33. The van der Waals surface area contributed by atoms with E-state index in [1.807, 2.05) is 36.6 Å². The highest BCUT2D eigenvalue weighted by atomic mass is 32.2. The van der Waals surface area contributed by atoms with Gasteiger partial charge in [0, 0.05) is 11.4 Å². The molecule has 0 radical (unpaired) electrons. The van der Waals surface area contributed by atoms with Crippen molar-refractivity contribution in [2.24, 2.45) is 0 Å². The topological polar surface area (TPSA) is 73.2 Å². The zero-order chi connectivity index (χ0) is 19.2. The van der Waals surface area contributed by atoms with Crippen LogP contribution in [0.25, 0.3) is 5.69 Å². The number of nitrogens with one attached hydrogen (secondary N) is 1. The Hall–Kier alpha value is -3.06. The Kier molecular flexibility index (Phi) is 5.93. The molecule has 0 saturated heterocycles. The van der Waals surface area contributed by atoms with Gasteiger partial charge in [0.25, 0.3) is 5.91 Å². The van der Waals surface area contributed by atoms with Gasteiger partial charge in [0.1, 0.15) is 5.69 Å². The van der Waals surface area contributed by atoms with Gasteiger partial charge in [-0.25, -0.2) is 9.78 Å². The fraction of sp³-hybridized carbons (Fsp3) is 0.150. The van der Waals surface area contributed by atoms with E-state index in [2.05, 4.69) is 10.3 Å². The summed E-state index contributed by atoms with van der Waals surface area (Å²) in [6, 6.07) is 16.2. The summed E-state index contributed by atoms with van der Waals surface area (Å²) < 4.78 is 6.80. The van der Waals surface area contributed by atoms with Gasteiger partial charge in [-0.05, 0) is 43.5 Å². The van der Waals surface area contributed by atoms with E-state index in [1.165, 1.54) is 11.8 Å². The maximum atomic E-state index is 12.8. The smallest absolute Gasteiger partial charge is 0.338 e. The summed E-state index contributed by atoms with van der Waals surface area (Å²) >= 11 is 1.46. The van der Waals surface area contributed by atoms with E-state index in [4.69, 9.17) is 4.74 Å². The number of amides is 1. The van der Waals surface area contributed by atoms with E-state index in [0.717, 1.165) is 5.69 Å². The molecule has 0 fully saturated rings. The molecule has 0 aliphatic heterocycles. The van der Waals surface area contributed by atoms with Crippen LogP contribution in [0.2, 0.25) is 0 Å². The molecule has 0 bridgehead atoms. The number of carbonyl (C=O) groups excluding carboxylic acids is 2. The Balaban J connectivity index is 1.89. The first kappa shape index (κ1) is 18.7. The third-order valence-electron chi connectivity index (χ3n) is 3.79. The first-order valence-corrected chi connectivity index (χ1v) is 9.62. The monoisotopic (exact) mass is 381 g/mol. The molecule has 7 heteroatoms. The number of carbonyl (C=O) groups is 2. The Bertz CT molecular complexity index is 954. The molecule has 0 atom stereocenters. The minimum atomic E-state index is -0.424. The van der Waals surface area contributed by atoms with Crippen LogP contribution < -0.4 is 5.32 Å². The molecule has 27 heavy (non-hydrogen) atoms. The van der Waals surface area contributed by atoms with Gasteiger partial charge >= 0.3 is 5.97 Å². The van der Waals surface area contributed by atoms with Gasteiger partial charge in [0.05, 0.1) is 18.4 Å². The fourth-order valence-corrected chi connectivity index (χ4v) is 3.14. The molecular weight excluding hydrogens is 362 g/mol. The van der Waals surface area contributed by atoms with Gasteiger partial charge in [-0.1, -0.05) is 36.0 Å². The zero-order valence-corrected chi connectivity index (χ0v) is 15.8. The number of hydrogen-bond donors (Lipinski definition) is 1. The van der Waals surface area contributed by atoms with Crippen LogP contribution in [0.15, 0.2) is 66.0 Å². The first-order valence-electron chi connectivity index (χ1n) is 8.39. The van der Waals surface area contributed by atoms with Crippen molar-refractivity contribution in [2.75, 3.05) is 18.2 Å².